The fourth-order valence-electron chi connectivity index (χ4n) is 4.61. The third-order valence-corrected chi connectivity index (χ3v) is 9.13. The van der Waals surface area contributed by atoms with E-state index in [4.69, 9.17) is 0 Å². The number of likely N-dealkylation sites (N-methyl/N-ethyl adjacent to an activating group) is 1. The Morgan fingerprint density at radius 3 is 2.28 bits per heavy atom. The van der Waals surface area contributed by atoms with Crippen molar-refractivity contribution in [1.29, 1.82) is 0 Å². The molecule has 0 bridgehead atoms. The minimum absolute atomic E-state index is 0.191. The van der Waals surface area contributed by atoms with Crippen molar-refractivity contribution in [2.45, 2.75) is 36.0 Å². The summed E-state index contributed by atoms with van der Waals surface area (Å²) in [5.74, 6) is 0.846. The number of piperidine rings is 1. The third kappa shape index (κ3) is 5.67. The van der Waals surface area contributed by atoms with Gasteiger partial charge in [0.15, 0.2) is 0 Å². The lowest BCUT2D eigenvalue weighted by Crippen LogP contribution is -2.36. The van der Waals surface area contributed by atoms with E-state index in [0.29, 0.717) is 17.4 Å². The summed E-state index contributed by atoms with van der Waals surface area (Å²) in [7, 11) is -1.78. The summed E-state index contributed by atoms with van der Waals surface area (Å²) in [5, 5.41) is 4.24. The van der Waals surface area contributed by atoms with E-state index in [2.05, 4.69) is 52.1 Å². The van der Waals surface area contributed by atoms with Crippen LogP contribution in [0.4, 0.5) is 0 Å². The zero-order chi connectivity index (χ0) is 22.4. The maximum Gasteiger partial charge on any atom is 0.242 e. The van der Waals surface area contributed by atoms with Crippen LogP contribution in [0, 0.1) is 0 Å². The smallest absolute Gasteiger partial charge is 0.242 e. The maximum atomic E-state index is 13.0. The highest BCUT2D eigenvalue weighted by Gasteiger charge is 2.26. The first kappa shape index (κ1) is 23.2. The second-order valence-electron chi connectivity index (χ2n) is 8.67. The molecule has 0 spiro atoms. The molecule has 3 aromatic rings. The number of likely N-dealkylation sites (tertiary alicyclic amines) is 1. The van der Waals surface area contributed by atoms with Crippen LogP contribution in [0.1, 0.15) is 42.2 Å². The van der Waals surface area contributed by atoms with Crippen molar-refractivity contribution in [1.82, 2.24) is 9.21 Å². The molecular formula is C26H32N2O2S2. The van der Waals surface area contributed by atoms with Gasteiger partial charge < -0.3 is 4.90 Å². The summed E-state index contributed by atoms with van der Waals surface area (Å²) in [6, 6.07) is 21.7. The molecule has 0 amide bonds. The Morgan fingerprint density at radius 2 is 1.66 bits per heavy atom. The standard InChI is InChI=1S/C26H32N2O2S2/c1-27(32(29,30)26-10-6-3-7-11-26)20-24(25-15-19-31-21-25)14-18-28-16-12-23(13-17-28)22-8-4-2-5-9-22/h2-11,15,19,21,23-24H,12-14,16-18,20H2,1H3/t24-/m0/s1. The lowest BCUT2D eigenvalue weighted by atomic mass is 9.89. The molecule has 0 radical (unpaired) electrons. The van der Waals surface area contributed by atoms with Gasteiger partial charge in [-0.1, -0.05) is 48.5 Å². The van der Waals surface area contributed by atoms with Crippen molar-refractivity contribution in [2.24, 2.45) is 0 Å². The number of rotatable bonds is 9. The van der Waals surface area contributed by atoms with Gasteiger partial charge in [-0.05, 0) is 90.8 Å². The Kier molecular flexibility index (Phi) is 7.79. The van der Waals surface area contributed by atoms with E-state index in [1.165, 1.54) is 28.3 Å². The van der Waals surface area contributed by atoms with Gasteiger partial charge in [-0.2, -0.15) is 11.3 Å². The Balaban J connectivity index is 1.36. The second kappa shape index (κ2) is 10.8. The molecule has 1 aromatic heterocycles. The first-order valence-electron chi connectivity index (χ1n) is 11.3. The molecule has 1 atom stereocenters. The maximum absolute atomic E-state index is 13.0. The summed E-state index contributed by atoms with van der Waals surface area (Å²) in [4.78, 5) is 2.90. The van der Waals surface area contributed by atoms with Crippen molar-refractivity contribution < 1.29 is 8.42 Å². The zero-order valence-electron chi connectivity index (χ0n) is 18.6. The number of hydrogen-bond donors (Lipinski definition) is 0. The summed E-state index contributed by atoms with van der Waals surface area (Å²) in [6.45, 7) is 3.71. The first-order chi connectivity index (χ1) is 15.5. The van der Waals surface area contributed by atoms with Crippen molar-refractivity contribution >= 4 is 21.4 Å². The first-order valence-corrected chi connectivity index (χ1v) is 13.7. The highest BCUT2D eigenvalue weighted by molar-refractivity contribution is 7.89. The van der Waals surface area contributed by atoms with Gasteiger partial charge in [0, 0.05) is 13.6 Å². The van der Waals surface area contributed by atoms with Gasteiger partial charge in [-0.15, -0.1) is 0 Å². The van der Waals surface area contributed by atoms with Crippen LogP contribution in [0.5, 0.6) is 0 Å². The van der Waals surface area contributed by atoms with Crippen LogP contribution >= 0.6 is 11.3 Å². The molecule has 32 heavy (non-hydrogen) atoms. The molecule has 0 saturated carbocycles. The van der Waals surface area contributed by atoms with Crippen LogP contribution in [0.3, 0.4) is 0 Å². The average molecular weight is 469 g/mol. The van der Waals surface area contributed by atoms with Gasteiger partial charge in [-0.25, -0.2) is 12.7 Å². The number of benzene rings is 2. The average Bonchev–Trinajstić information content (AvgIpc) is 3.38. The predicted molar refractivity (Wildman–Crippen MR) is 133 cm³/mol. The Labute approximate surface area is 196 Å². The highest BCUT2D eigenvalue weighted by Crippen LogP contribution is 2.30. The Morgan fingerprint density at radius 1 is 1.00 bits per heavy atom. The molecule has 4 rings (SSSR count). The number of sulfonamides is 1. The molecule has 1 fully saturated rings. The number of thiophene rings is 1. The monoisotopic (exact) mass is 468 g/mol. The van der Waals surface area contributed by atoms with Crippen molar-refractivity contribution in [2.75, 3.05) is 33.2 Å². The molecule has 2 heterocycles. The quantitative estimate of drug-likeness (QED) is 0.421. The molecule has 0 N–H and O–H groups in total. The van der Waals surface area contributed by atoms with Crippen LogP contribution in [-0.2, 0) is 10.0 Å². The van der Waals surface area contributed by atoms with Gasteiger partial charge in [0.25, 0.3) is 0 Å². The normalized spacial score (nSPS) is 16.9. The van der Waals surface area contributed by atoms with E-state index >= 15 is 0 Å². The topological polar surface area (TPSA) is 40.6 Å². The Bertz CT molecular complexity index is 1050. The lowest BCUT2D eigenvalue weighted by Gasteiger charge is -2.33. The Hall–Kier alpha value is -1.99. The van der Waals surface area contributed by atoms with Gasteiger partial charge in [0.2, 0.25) is 10.0 Å². The fraction of sp³-hybridized carbons (Fsp3) is 0.385. The molecule has 0 aliphatic carbocycles. The van der Waals surface area contributed by atoms with E-state index in [9.17, 15) is 8.42 Å². The summed E-state index contributed by atoms with van der Waals surface area (Å²) in [6.07, 6.45) is 3.34. The largest absolute Gasteiger partial charge is 0.303 e. The summed E-state index contributed by atoms with van der Waals surface area (Å²) in [5.41, 5.74) is 2.69. The minimum Gasteiger partial charge on any atom is -0.303 e. The number of nitrogens with zero attached hydrogens (tertiary/aromatic N) is 2. The zero-order valence-corrected chi connectivity index (χ0v) is 20.3. The van der Waals surface area contributed by atoms with E-state index in [0.717, 1.165) is 26.1 Å². The van der Waals surface area contributed by atoms with Crippen LogP contribution < -0.4 is 0 Å². The van der Waals surface area contributed by atoms with Crippen molar-refractivity contribution in [3.63, 3.8) is 0 Å². The van der Waals surface area contributed by atoms with Crippen molar-refractivity contribution in [3.05, 3.63) is 88.6 Å². The lowest BCUT2D eigenvalue weighted by molar-refractivity contribution is 0.203. The van der Waals surface area contributed by atoms with Gasteiger partial charge in [0.1, 0.15) is 0 Å². The van der Waals surface area contributed by atoms with Crippen molar-refractivity contribution in [3.8, 4) is 0 Å². The predicted octanol–water partition coefficient (Wildman–Crippen LogP) is 5.42. The minimum atomic E-state index is -3.48. The molecule has 170 valence electrons. The van der Waals surface area contributed by atoms with Gasteiger partial charge in [0.05, 0.1) is 4.90 Å². The molecule has 4 nitrogen and oxygen atoms in total. The summed E-state index contributed by atoms with van der Waals surface area (Å²) >= 11 is 1.68. The molecule has 2 aromatic carbocycles. The molecule has 0 unspecified atom stereocenters. The van der Waals surface area contributed by atoms with E-state index in [1.807, 2.05) is 6.07 Å². The third-order valence-electron chi connectivity index (χ3n) is 6.60. The van der Waals surface area contributed by atoms with Crippen LogP contribution in [0.15, 0.2) is 82.4 Å². The van der Waals surface area contributed by atoms with Gasteiger partial charge in [-0.3, -0.25) is 0 Å². The molecule has 1 saturated heterocycles. The molecule has 6 heteroatoms. The van der Waals surface area contributed by atoms with Gasteiger partial charge >= 0.3 is 0 Å². The molecule has 1 aliphatic heterocycles. The van der Waals surface area contributed by atoms with E-state index in [1.54, 1.807) is 42.6 Å². The molecular weight excluding hydrogens is 436 g/mol. The second-order valence-corrected chi connectivity index (χ2v) is 11.5. The molecule has 1 aliphatic rings. The van der Waals surface area contributed by atoms with E-state index < -0.39 is 10.0 Å². The fourth-order valence-corrected chi connectivity index (χ4v) is 6.58. The van der Waals surface area contributed by atoms with Crippen LogP contribution in [0.25, 0.3) is 0 Å². The highest BCUT2D eigenvalue weighted by atomic mass is 32.2. The van der Waals surface area contributed by atoms with Crippen LogP contribution in [0.2, 0.25) is 0 Å². The summed E-state index contributed by atoms with van der Waals surface area (Å²) < 4.78 is 27.6. The van der Waals surface area contributed by atoms with Crippen LogP contribution in [-0.4, -0.2) is 50.8 Å². The SMILES string of the molecule is CN(C[C@H](CCN1CCC(c2ccccc2)CC1)c1ccsc1)S(=O)(=O)c1ccccc1. The number of hydrogen-bond acceptors (Lipinski definition) is 4. The van der Waals surface area contributed by atoms with E-state index in [-0.39, 0.29) is 5.92 Å².